The molecule has 0 radical (unpaired) electrons. The van der Waals surface area contributed by atoms with Crippen LogP contribution in [0.2, 0.25) is 0 Å². The highest BCUT2D eigenvalue weighted by Crippen LogP contribution is 2.45. The summed E-state index contributed by atoms with van der Waals surface area (Å²) in [6.07, 6.45) is 1.09. The maximum atomic E-state index is 6.47. The molecule has 0 saturated heterocycles. The predicted molar refractivity (Wildman–Crippen MR) is 69.4 cm³/mol. The molecular formula is C11H16BrClS. The number of alkyl halides is 1. The summed E-state index contributed by atoms with van der Waals surface area (Å²) in [5, 5.41) is 0.113. The van der Waals surface area contributed by atoms with Crippen LogP contribution in [-0.2, 0) is 0 Å². The molecule has 1 aromatic heterocycles. The van der Waals surface area contributed by atoms with E-state index in [4.69, 9.17) is 11.6 Å². The van der Waals surface area contributed by atoms with Crippen LogP contribution in [0.4, 0.5) is 0 Å². The zero-order chi connectivity index (χ0) is 10.9. The third-order valence-corrected chi connectivity index (χ3v) is 5.88. The monoisotopic (exact) mass is 294 g/mol. The van der Waals surface area contributed by atoms with Crippen molar-refractivity contribution in [3.63, 3.8) is 0 Å². The van der Waals surface area contributed by atoms with E-state index in [1.165, 1.54) is 14.2 Å². The summed E-state index contributed by atoms with van der Waals surface area (Å²) >= 11 is 11.8. The minimum absolute atomic E-state index is 0.113. The zero-order valence-corrected chi connectivity index (χ0v) is 12.2. The molecule has 1 atom stereocenters. The van der Waals surface area contributed by atoms with Crippen molar-refractivity contribution in [2.24, 2.45) is 5.41 Å². The van der Waals surface area contributed by atoms with E-state index in [0.717, 1.165) is 6.42 Å². The number of aryl methyl sites for hydroxylation is 1. The van der Waals surface area contributed by atoms with Crippen molar-refractivity contribution in [2.75, 3.05) is 0 Å². The lowest BCUT2D eigenvalue weighted by Gasteiger charge is -2.27. The number of rotatable bonds is 3. The van der Waals surface area contributed by atoms with E-state index in [0.29, 0.717) is 0 Å². The first kappa shape index (κ1) is 12.5. The Morgan fingerprint density at radius 1 is 1.57 bits per heavy atom. The maximum absolute atomic E-state index is 6.47. The molecule has 1 unspecified atom stereocenters. The van der Waals surface area contributed by atoms with Crippen molar-refractivity contribution in [3.8, 4) is 0 Å². The van der Waals surface area contributed by atoms with Crippen LogP contribution in [0.5, 0.6) is 0 Å². The summed E-state index contributed by atoms with van der Waals surface area (Å²) in [4.78, 5) is 1.27. The highest BCUT2D eigenvalue weighted by atomic mass is 79.9. The van der Waals surface area contributed by atoms with E-state index in [-0.39, 0.29) is 10.8 Å². The quantitative estimate of drug-likeness (QED) is 0.643. The molecule has 0 aliphatic carbocycles. The molecule has 1 rings (SSSR count). The highest BCUT2D eigenvalue weighted by molar-refractivity contribution is 9.11. The van der Waals surface area contributed by atoms with Gasteiger partial charge in [-0.05, 0) is 46.3 Å². The first-order valence-corrected chi connectivity index (χ1v) is 6.83. The molecular weight excluding hydrogens is 280 g/mol. The van der Waals surface area contributed by atoms with Gasteiger partial charge in [-0.1, -0.05) is 20.8 Å². The normalized spacial score (nSPS) is 14.4. The van der Waals surface area contributed by atoms with E-state index in [1.807, 2.05) is 0 Å². The van der Waals surface area contributed by atoms with E-state index < -0.39 is 0 Å². The van der Waals surface area contributed by atoms with Crippen LogP contribution in [0.15, 0.2) is 9.85 Å². The van der Waals surface area contributed by atoms with Crippen molar-refractivity contribution in [1.82, 2.24) is 0 Å². The summed E-state index contributed by atoms with van der Waals surface area (Å²) in [6, 6.07) is 2.18. The lowest BCUT2D eigenvalue weighted by atomic mass is 9.85. The molecule has 0 aliphatic rings. The standard InChI is InChI=1S/C11H16BrClS/c1-5-11(3,4)9(13)8-6-7(2)10(12)14-8/h6,9H,5H2,1-4H3. The number of thiophene rings is 1. The summed E-state index contributed by atoms with van der Waals surface area (Å²) in [5.74, 6) is 0. The third kappa shape index (κ3) is 2.53. The van der Waals surface area contributed by atoms with E-state index in [2.05, 4.69) is 49.7 Å². The predicted octanol–water partition coefficient (Wildman–Crippen LogP) is 5.54. The molecule has 0 amide bonds. The SMILES string of the molecule is CCC(C)(C)C(Cl)c1cc(C)c(Br)s1. The van der Waals surface area contributed by atoms with Crippen LogP contribution in [0, 0.1) is 12.3 Å². The fourth-order valence-electron chi connectivity index (χ4n) is 1.17. The smallest absolute Gasteiger partial charge is 0.0731 e. The fourth-order valence-corrected chi connectivity index (χ4v) is 3.28. The third-order valence-electron chi connectivity index (χ3n) is 2.72. The van der Waals surface area contributed by atoms with Crippen LogP contribution in [0.3, 0.4) is 0 Å². The largest absolute Gasteiger partial charge is 0.131 e. The van der Waals surface area contributed by atoms with Crippen molar-refractivity contribution in [2.45, 2.75) is 39.5 Å². The lowest BCUT2D eigenvalue weighted by molar-refractivity contribution is 0.339. The van der Waals surface area contributed by atoms with Gasteiger partial charge in [-0.2, -0.15) is 0 Å². The second kappa shape index (κ2) is 4.54. The molecule has 1 heterocycles. The van der Waals surface area contributed by atoms with Gasteiger partial charge in [-0.25, -0.2) is 0 Å². The van der Waals surface area contributed by atoms with Crippen molar-refractivity contribution in [3.05, 3.63) is 20.3 Å². The zero-order valence-electron chi connectivity index (χ0n) is 9.03. The summed E-state index contributed by atoms with van der Waals surface area (Å²) in [6.45, 7) is 8.72. The van der Waals surface area contributed by atoms with Gasteiger partial charge in [0.15, 0.2) is 0 Å². The summed E-state index contributed by atoms with van der Waals surface area (Å²) < 4.78 is 1.20. The molecule has 80 valence electrons. The van der Waals surface area contributed by atoms with Gasteiger partial charge in [0.1, 0.15) is 0 Å². The Bertz CT molecular complexity index is 298. The van der Waals surface area contributed by atoms with Crippen molar-refractivity contribution < 1.29 is 0 Å². The van der Waals surface area contributed by atoms with Gasteiger partial charge in [0, 0.05) is 4.88 Å². The minimum atomic E-state index is 0.113. The maximum Gasteiger partial charge on any atom is 0.0731 e. The van der Waals surface area contributed by atoms with Gasteiger partial charge < -0.3 is 0 Å². The molecule has 0 fully saturated rings. The van der Waals surface area contributed by atoms with Gasteiger partial charge in [0.2, 0.25) is 0 Å². The Hall–Kier alpha value is 0.470. The van der Waals surface area contributed by atoms with Gasteiger partial charge in [-0.15, -0.1) is 22.9 Å². The molecule has 1 aromatic rings. The van der Waals surface area contributed by atoms with Crippen LogP contribution in [0.25, 0.3) is 0 Å². The Morgan fingerprint density at radius 3 is 2.50 bits per heavy atom. The van der Waals surface area contributed by atoms with Crippen LogP contribution in [0.1, 0.15) is 43.0 Å². The molecule has 0 bridgehead atoms. The second-order valence-electron chi connectivity index (χ2n) is 4.31. The van der Waals surface area contributed by atoms with E-state index in [9.17, 15) is 0 Å². The van der Waals surface area contributed by atoms with Crippen LogP contribution in [-0.4, -0.2) is 0 Å². The molecule has 0 aliphatic heterocycles. The Kier molecular flexibility index (Phi) is 4.07. The molecule has 0 N–H and O–H groups in total. The molecule has 0 spiro atoms. The Balaban J connectivity index is 2.94. The van der Waals surface area contributed by atoms with Crippen LogP contribution >= 0.6 is 38.9 Å². The van der Waals surface area contributed by atoms with Gasteiger partial charge in [0.25, 0.3) is 0 Å². The minimum Gasteiger partial charge on any atom is -0.131 e. The average Bonchev–Trinajstić information content (AvgIpc) is 2.45. The van der Waals surface area contributed by atoms with Gasteiger partial charge in [0.05, 0.1) is 9.16 Å². The fraction of sp³-hybridized carbons (Fsp3) is 0.636. The van der Waals surface area contributed by atoms with E-state index in [1.54, 1.807) is 11.3 Å². The lowest BCUT2D eigenvalue weighted by Crippen LogP contribution is -2.15. The highest BCUT2D eigenvalue weighted by Gasteiger charge is 2.28. The Labute approximate surface area is 104 Å². The molecule has 0 aromatic carbocycles. The molecule has 0 saturated carbocycles. The number of halogens is 2. The summed E-state index contributed by atoms with van der Waals surface area (Å²) in [5.41, 5.74) is 1.45. The van der Waals surface area contributed by atoms with Crippen molar-refractivity contribution in [1.29, 1.82) is 0 Å². The number of hydrogen-bond donors (Lipinski definition) is 0. The van der Waals surface area contributed by atoms with Gasteiger partial charge in [-0.3, -0.25) is 0 Å². The summed E-state index contributed by atoms with van der Waals surface area (Å²) in [7, 11) is 0. The molecule has 3 heteroatoms. The van der Waals surface area contributed by atoms with Crippen LogP contribution < -0.4 is 0 Å². The van der Waals surface area contributed by atoms with E-state index >= 15 is 0 Å². The molecule has 0 nitrogen and oxygen atoms in total. The first-order valence-electron chi connectivity index (χ1n) is 4.78. The first-order chi connectivity index (χ1) is 6.38. The second-order valence-corrected chi connectivity index (χ2v) is 7.15. The average molecular weight is 296 g/mol. The number of hydrogen-bond acceptors (Lipinski definition) is 1. The Morgan fingerprint density at radius 2 is 2.14 bits per heavy atom. The topological polar surface area (TPSA) is 0 Å². The van der Waals surface area contributed by atoms with Gasteiger partial charge >= 0.3 is 0 Å². The van der Waals surface area contributed by atoms with Crippen molar-refractivity contribution >= 4 is 38.9 Å². The molecule has 14 heavy (non-hydrogen) atoms.